The van der Waals surface area contributed by atoms with E-state index >= 15 is 0 Å². The summed E-state index contributed by atoms with van der Waals surface area (Å²) in [7, 11) is 0. The zero-order chi connectivity index (χ0) is 9.42. The Morgan fingerprint density at radius 1 is 1.38 bits per heavy atom. The molecule has 0 N–H and O–H groups in total. The average Bonchev–Trinajstić information content (AvgIpc) is 2.40. The van der Waals surface area contributed by atoms with E-state index in [2.05, 4.69) is 37.9 Å². The first-order valence-corrected chi connectivity index (χ1v) is 6.47. The summed E-state index contributed by atoms with van der Waals surface area (Å²) in [5.41, 5.74) is 0. The molecule has 3 heteroatoms. The van der Waals surface area contributed by atoms with Gasteiger partial charge >= 0.3 is 0 Å². The molecule has 2 rings (SSSR count). The van der Waals surface area contributed by atoms with Crippen molar-refractivity contribution < 1.29 is 0 Å². The van der Waals surface area contributed by atoms with Gasteiger partial charge in [-0.15, -0.1) is 35.7 Å². The van der Waals surface area contributed by atoms with E-state index in [1.54, 1.807) is 0 Å². The van der Waals surface area contributed by atoms with E-state index in [4.69, 9.17) is 0 Å². The second kappa shape index (κ2) is 3.56. The van der Waals surface area contributed by atoms with Crippen LogP contribution in [-0.2, 0) is 0 Å². The molecule has 0 saturated carbocycles. The molecule has 0 aliphatic carbocycles. The molecule has 0 spiro atoms. The molecule has 0 fully saturated rings. The van der Waals surface area contributed by atoms with Crippen molar-refractivity contribution in [1.82, 2.24) is 0 Å². The molecule has 0 bridgehead atoms. The zero-order valence-electron chi connectivity index (χ0n) is 7.50. The van der Waals surface area contributed by atoms with Gasteiger partial charge in [0.25, 0.3) is 0 Å². The minimum absolute atomic E-state index is 1.04. The van der Waals surface area contributed by atoms with Crippen molar-refractivity contribution in [2.75, 3.05) is 6.26 Å². The largest absolute Gasteiger partial charge is 0.143 e. The maximum absolute atomic E-state index is 4.35. The average molecular weight is 226 g/mol. The molecule has 0 aliphatic rings. The molecule has 13 heavy (non-hydrogen) atoms. The van der Waals surface area contributed by atoms with E-state index in [0.29, 0.717) is 0 Å². The molecular formula is C10H10S3. The Hall–Kier alpha value is -0.120. The third-order valence-corrected chi connectivity index (χ3v) is 4.42. The van der Waals surface area contributed by atoms with Crippen LogP contribution in [-0.4, -0.2) is 6.26 Å². The minimum atomic E-state index is 1.04. The summed E-state index contributed by atoms with van der Waals surface area (Å²) in [6, 6.07) is 6.34. The Balaban J connectivity index is 2.80. The molecule has 1 aromatic heterocycles. The van der Waals surface area contributed by atoms with E-state index in [1.165, 1.54) is 19.9 Å². The Labute approximate surface area is 91.8 Å². The molecule has 1 aromatic carbocycles. The van der Waals surface area contributed by atoms with Crippen LogP contribution in [0.3, 0.4) is 0 Å². The lowest BCUT2D eigenvalue weighted by Crippen LogP contribution is -1.70. The first-order chi connectivity index (χ1) is 6.22. The topological polar surface area (TPSA) is 0 Å². The highest BCUT2D eigenvalue weighted by atomic mass is 32.2. The lowest BCUT2D eigenvalue weighted by molar-refractivity contribution is 1.44. The summed E-state index contributed by atoms with van der Waals surface area (Å²) in [5.74, 6) is 0. The summed E-state index contributed by atoms with van der Waals surface area (Å²) < 4.78 is 1.36. The first kappa shape index (κ1) is 9.44. The smallest absolute Gasteiger partial charge is 0.0358 e. The van der Waals surface area contributed by atoms with Crippen molar-refractivity contribution in [3.63, 3.8) is 0 Å². The third kappa shape index (κ3) is 1.60. The highest BCUT2D eigenvalue weighted by molar-refractivity contribution is 7.99. The molecule has 0 amide bonds. The number of benzene rings is 1. The van der Waals surface area contributed by atoms with Crippen molar-refractivity contribution in [3.8, 4) is 0 Å². The molecule has 1 heterocycles. The van der Waals surface area contributed by atoms with Gasteiger partial charge < -0.3 is 0 Å². The number of aryl methyl sites for hydroxylation is 1. The standard InChI is InChI=1S/C10H10S3/c1-6-10(12-2)8-5-7(11)3-4-9(8)13-6/h3-5,11H,1-2H3. The number of hydrogen-bond acceptors (Lipinski definition) is 3. The number of thiol groups is 1. The summed E-state index contributed by atoms with van der Waals surface area (Å²) in [6.07, 6.45) is 2.12. The highest BCUT2D eigenvalue weighted by Crippen LogP contribution is 2.37. The van der Waals surface area contributed by atoms with Crippen LogP contribution in [0.5, 0.6) is 0 Å². The fraction of sp³-hybridized carbons (Fsp3) is 0.200. The monoisotopic (exact) mass is 226 g/mol. The van der Waals surface area contributed by atoms with Crippen LogP contribution in [0, 0.1) is 6.92 Å². The molecule has 0 aliphatic heterocycles. The summed E-state index contributed by atoms with van der Waals surface area (Å²) in [6.45, 7) is 2.18. The normalized spacial score (nSPS) is 11.0. The molecule has 2 aromatic rings. The molecule has 0 unspecified atom stereocenters. The number of fused-ring (bicyclic) bond motifs is 1. The van der Waals surface area contributed by atoms with E-state index in [-0.39, 0.29) is 0 Å². The Bertz CT molecular complexity index is 443. The lowest BCUT2D eigenvalue weighted by atomic mass is 10.2. The van der Waals surface area contributed by atoms with Crippen LogP contribution in [0.25, 0.3) is 10.1 Å². The van der Waals surface area contributed by atoms with Crippen LogP contribution in [0.2, 0.25) is 0 Å². The van der Waals surface area contributed by atoms with E-state index < -0.39 is 0 Å². The van der Waals surface area contributed by atoms with Crippen LogP contribution in [0.4, 0.5) is 0 Å². The zero-order valence-corrected chi connectivity index (χ0v) is 10.0. The van der Waals surface area contributed by atoms with Crippen LogP contribution >= 0.6 is 35.7 Å². The van der Waals surface area contributed by atoms with Gasteiger partial charge in [0.1, 0.15) is 0 Å². The lowest BCUT2D eigenvalue weighted by Gasteiger charge is -1.96. The van der Waals surface area contributed by atoms with Gasteiger partial charge in [-0.3, -0.25) is 0 Å². The quantitative estimate of drug-likeness (QED) is 0.561. The van der Waals surface area contributed by atoms with Crippen molar-refractivity contribution in [2.45, 2.75) is 16.7 Å². The summed E-state index contributed by atoms with van der Waals surface area (Å²) in [4.78, 5) is 3.85. The maximum atomic E-state index is 4.35. The van der Waals surface area contributed by atoms with Gasteiger partial charge in [-0.1, -0.05) is 0 Å². The predicted molar refractivity (Wildman–Crippen MR) is 65.6 cm³/mol. The van der Waals surface area contributed by atoms with Gasteiger partial charge in [-0.05, 0) is 31.4 Å². The van der Waals surface area contributed by atoms with Gasteiger partial charge in [-0.25, -0.2) is 0 Å². The number of thioether (sulfide) groups is 1. The summed E-state index contributed by atoms with van der Waals surface area (Å²) >= 11 is 8.03. The fourth-order valence-electron chi connectivity index (χ4n) is 1.44. The predicted octanol–water partition coefficient (Wildman–Crippen LogP) is 4.22. The Morgan fingerprint density at radius 3 is 2.85 bits per heavy atom. The van der Waals surface area contributed by atoms with E-state index in [9.17, 15) is 0 Å². The van der Waals surface area contributed by atoms with Gasteiger partial charge in [-0.2, -0.15) is 0 Å². The van der Waals surface area contributed by atoms with Crippen molar-refractivity contribution in [2.24, 2.45) is 0 Å². The van der Waals surface area contributed by atoms with Gasteiger partial charge in [0.2, 0.25) is 0 Å². The molecular weight excluding hydrogens is 216 g/mol. The van der Waals surface area contributed by atoms with Crippen LogP contribution in [0.15, 0.2) is 28.0 Å². The molecule has 0 nitrogen and oxygen atoms in total. The molecule has 0 saturated heterocycles. The van der Waals surface area contributed by atoms with Gasteiger partial charge in [0.05, 0.1) is 0 Å². The molecule has 0 radical (unpaired) electrons. The van der Waals surface area contributed by atoms with Gasteiger partial charge in [0, 0.05) is 24.8 Å². The van der Waals surface area contributed by atoms with Crippen molar-refractivity contribution >= 4 is 45.8 Å². The SMILES string of the molecule is CSc1c(C)sc2ccc(S)cc12. The van der Waals surface area contributed by atoms with Gasteiger partial charge in [0.15, 0.2) is 0 Å². The van der Waals surface area contributed by atoms with Crippen molar-refractivity contribution in [1.29, 1.82) is 0 Å². The van der Waals surface area contributed by atoms with Crippen LogP contribution in [0.1, 0.15) is 4.88 Å². The number of thiophene rings is 1. The first-order valence-electron chi connectivity index (χ1n) is 3.98. The third-order valence-electron chi connectivity index (χ3n) is 1.99. The molecule has 68 valence electrons. The second-order valence-corrected chi connectivity index (χ2v) is 5.46. The van der Waals surface area contributed by atoms with E-state index in [1.807, 2.05) is 29.2 Å². The number of hydrogen-bond donors (Lipinski definition) is 1. The highest BCUT2D eigenvalue weighted by Gasteiger charge is 2.07. The minimum Gasteiger partial charge on any atom is -0.143 e. The van der Waals surface area contributed by atoms with E-state index in [0.717, 1.165) is 4.90 Å². The Morgan fingerprint density at radius 2 is 2.15 bits per heavy atom. The molecule has 0 atom stereocenters. The van der Waals surface area contributed by atoms with Crippen LogP contribution < -0.4 is 0 Å². The number of rotatable bonds is 1. The summed E-state index contributed by atoms with van der Waals surface area (Å²) in [5, 5.41) is 1.35. The van der Waals surface area contributed by atoms with Crippen molar-refractivity contribution in [3.05, 3.63) is 23.1 Å². The second-order valence-electron chi connectivity index (χ2n) is 2.87. The Kier molecular flexibility index (Phi) is 2.58. The fourth-order valence-corrected chi connectivity index (χ4v) is 3.70. The maximum Gasteiger partial charge on any atom is 0.0358 e.